The van der Waals surface area contributed by atoms with Crippen LogP contribution in [0.3, 0.4) is 0 Å². The molecule has 1 aliphatic carbocycles. The van der Waals surface area contributed by atoms with Crippen molar-refractivity contribution in [3.63, 3.8) is 0 Å². The molecular weight excluding hydrogens is 160 g/mol. The number of hydrogen-bond acceptors (Lipinski definition) is 1. The van der Waals surface area contributed by atoms with Crippen LogP contribution in [0.5, 0.6) is 0 Å². The van der Waals surface area contributed by atoms with Gasteiger partial charge in [-0.2, -0.15) is 0 Å². The summed E-state index contributed by atoms with van der Waals surface area (Å²) >= 11 is 5.95. The molecule has 0 saturated heterocycles. The van der Waals surface area contributed by atoms with Crippen molar-refractivity contribution >= 4 is 11.6 Å². The molecule has 1 aromatic rings. The van der Waals surface area contributed by atoms with Crippen molar-refractivity contribution in [1.29, 1.82) is 0 Å². The molecule has 11 heavy (non-hydrogen) atoms. The van der Waals surface area contributed by atoms with E-state index in [2.05, 4.69) is 11.3 Å². The lowest BCUT2D eigenvalue weighted by Crippen LogP contribution is -1.97. The fourth-order valence-corrected chi connectivity index (χ4v) is 1.25. The van der Waals surface area contributed by atoms with Crippen molar-refractivity contribution < 1.29 is 0 Å². The van der Waals surface area contributed by atoms with Gasteiger partial charge in [0.05, 0.1) is 5.69 Å². The molecule has 0 N–H and O–H groups in total. The molecule has 1 aromatic heterocycles. The maximum atomic E-state index is 5.95. The molecule has 0 aromatic carbocycles. The van der Waals surface area contributed by atoms with E-state index in [1.165, 1.54) is 12.8 Å². The molecule has 1 heterocycles. The summed E-state index contributed by atoms with van der Waals surface area (Å²) in [5.41, 5.74) is 0.882. The second-order valence-electron chi connectivity index (χ2n) is 3.14. The van der Waals surface area contributed by atoms with Crippen LogP contribution in [0.1, 0.15) is 18.5 Å². The van der Waals surface area contributed by atoms with E-state index in [1.54, 1.807) is 0 Å². The van der Waals surface area contributed by atoms with E-state index >= 15 is 0 Å². The highest BCUT2D eigenvalue weighted by atomic mass is 35.5. The quantitative estimate of drug-likeness (QED) is 0.663. The molecule has 1 radical (unpaired) electrons. The number of rotatable bonds is 2. The number of halogens is 1. The Kier molecular flexibility index (Phi) is 1.64. The summed E-state index contributed by atoms with van der Waals surface area (Å²) in [6.45, 7) is 2.90. The van der Waals surface area contributed by atoms with Crippen LogP contribution in [0.25, 0.3) is 0 Å². The molecule has 0 amide bonds. The molecule has 0 spiro atoms. The average molecular weight is 170 g/mol. The van der Waals surface area contributed by atoms with Crippen LogP contribution >= 0.6 is 11.6 Å². The Labute approximate surface area is 71.2 Å². The number of hydrogen-bond donors (Lipinski definition) is 0. The van der Waals surface area contributed by atoms with E-state index in [-0.39, 0.29) is 0 Å². The van der Waals surface area contributed by atoms with Crippen LogP contribution in [0.2, 0.25) is 5.15 Å². The van der Waals surface area contributed by atoms with Gasteiger partial charge in [-0.15, -0.1) is 0 Å². The highest BCUT2D eigenvalue weighted by Gasteiger charge is 2.22. The summed E-state index contributed by atoms with van der Waals surface area (Å²) in [4.78, 5) is 4.00. The molecule has 1 saturated carbocycles. The maximum Gasteiger partial charge on any atom is 0.177 e. The fraction of sp³-hybridized carbons (Fsp3) is 0.625. The molecule has 0 atom stereocenters. The lowest BCUT2D eigenvalue weighted by Gasteiger charge is -1.99. The first-order valence-electron chi connectivity index (χ1n) is 3.87. The highest BCUT2D eigenvalue weighted by Crippen LogP contribution is 2.31. The first-order valence-corrected chi connectivity index (χ1v) is 4.25. The predicted octanol–water partition coefficient (Wildman–Crippen LogP) is 2.06. The zero-order chi connectivity index (χ0) is 7.84. The van der Waals surface area contributed by atoms with Gasteiger partial charge >= 0.3 is 0 Å². The Hall–Kier alpha value is -0.500. The van der Waals surface area contributed by atoms with Gasteiger partial charge in [-0.05, 0) is 25.7 Å². The van der Waals surface area contributed by atoms with Crippen LogP contribution in [0.15, 0.2) is 0 Å². The standard InChI is InChI=1S/C8H10ClN2/c1-6-8(9)11(5-10-6)4-7-2-3-7/h7H,2-4H2,1H3. The molecule has 1 aliphatic rings. The summed E-state index contributed by atoms with van der Waals surface area (Å²) < 4.78 is 1.91. The third-order valence-electron chi connectivity index (χ3n) is 2.01. The molecule has 2 rings (SSSR count). The maximum absolute atomic E-state index is 5.95. The summed E-state index contributed by atoms with van der Waals surface area (Å²) in [6.07, 6.45) is 5.55. The van der Waals surface area contributed by atoms with Crippen LogP contribution in [-0.2, 0) is 6.54 Å². The predicted molar refractivity (Wildman–Crippen MR) is 43.5 cm³/mol. The molecule has 1 fully saturated rings. The van der Waals surface area contributed by atoms with Crippen LogP contribution in [-0.4, -0.2) is 9.55 Å². The monoisotopic (exact) mass is 169 g/mol. The number of nitrogens with zero attached hydrogens (tertiary/aromatic N) is 2. The molecular formula is C8H10ClN2. The molecule has 59 valence electrons. The second kappa shape index (κ2) is 2.52. The molecule has 0 unspecified atom stereocenters. The molecule has 0 bridgehead atoms. The van der Waals surface area contributed by atoms with Crippen LogP contribution in [0.4, 0.5) is 0 Å². The van der Waals surface area contributed by atoms with Crippen LogP contribution in [0, 0.1) is 19.2 Å². The smallest absolute Gasteiger partial charge is 0.177 e. The lowest BCUT2D eigenvalue weighted by atomic mass is 10.4. The zero-order valence-corrected chi connectivity index (χ0v) is 7.23. The van der Waals surface area contributed by atoms with E-state index < -0.39 is 0 Å². The van der Waals surface area contributed by atoms with Crippen molar-refractivity contribution in [1.82, 2.24) is 9.55 Å². The topological polar surface area (TPSA) is 17.8 Å². The minimum atomic E-state index is 0.747. The van der Waals surface area contributed by atoms with Gasteiger partial charge in [0, 0.05) is 6.54 Å². The van der Waals surface area contributed by atoms with Crippen molar-refractivity contribution in [2.45, 2.75) is 26.3 Å². The van der Waals surface area contributed by atoms with Crippen molar-refractivity contribution in [2.75, 3.05) is 0 Å². The first kappa shape index (κ1) is 7.17. The third-order valence-corrected chi connectivity index (χ3v) is 2.49. The number of aryl methyl sites for hydroxylation is 1. The van der Waals surface area contributed by atoms with E-state index in [9.17, 15) is 0 Å². The summed E-state index contributed by atoms with van der Waals surface area (Å²) in [6, 6.07) is 0. The van der Waals surface area contributed by atoms with Gasteiger partial charge in [-0.25, -0.2) is 4.98 Å². The lowest BCUT2D eigenvalue weighted by molar-refractivity contribution is 0.623. The summed E-state index contributed by atoms with van der Waals surface area (Å²) in [5, 5.41) is 0.747. The normalized spacial score (nSPS) is 17.3. The van der Waals surface area contributed by atoms with Crippen molar-refractivity contribution in [3.8, 4) is 0 Å². The molecule has 0 aliphatic heterocycles. The Morgan fingerprint density at radius 2 is 2.45 bits per heavy atom. The van der Waals surface area contributed by atoms with Gasteiger partial charge in [0.1, 0.15) is 5.15 Å². The van der Waals surface area contributed by atoms with Crippen molar-refractivity contribution in [2.24, 2.45) is 5.92 Å². The van der Waals surface area contributed by atoms with Gasteiger partial charge in [-0.1, -0.05) is 11.6 Å². The van der Waals surface area contributed by atoms with Gasteiger partial charge in [0.25, 0.3) is 0 Å². The third kappa shape index (κ3) is 1.41. The van der Waals surface area contributed by atoms with Gasteiger partial charge in [0.15, 0.2) is 6.33 Å². The van der Waals surface area contributed by atoms with E-state index in [0.717, 1.165) is 23.3 Å². The minimum Gasteiger partial charge on any atom is -0.312 e. The average Bonchev–Trinajstić information content (AvgIpc) is 2.74. The Bertz CT molecular complexity index is 263. The van der Waals surface area contributed by atoms with E-state index in [0.29, 0.717) is 0 Å². The number of imidazole rings is 1. The van der Waals surface area contributed by atoms with E-state index in [4.69, 9.17) is 11.6 Å². The summed E-state index contributed by atoms with van der Waals surface area (Å²) in [5.74, 6) is 0.831. The van der Waals surface area contributed by atoms with Gasteiger partial charge < -0.3 is 4.57 Å². The molecule has 2 nitrogen and oxygen atoms in total. The first-order chi connectivity index (χ1) is 5.27. The van der Waals surface area contributed by atoms with E-state index in [1.807, 2.05) is 11.5 Å². The zero-order valence-electron chi connectivity index (χ0n) is 6.47. The fourth-order valence-electron chi connectivity index (χ4n) is 1.10. The molecule has 3 heteroatoms. The Morgan fingerprint density at radius 3 is 2.91 bits per heavy atom. The SMILES string of the molecule is Cc1n[c]n(CC2CC2)c1Cl. The number of aromatic nitrogens is 2. The van der Waals surface area contributed by atoms with Gasteiger partial charge in [0.2, 0.25) is 0 Å². The highest BCUT2D eigenvalue weighted by molar-refractivity contribution is 6.30. The second-order valence-corrected chi connectivity index (χ2v) is 3.50. The Balaban J connectivity index is 2.15. The minimum absolute atomic E-state index is 0.747. The van der Waals surface area contributed by atoms with Crippen molar-refractivity contribution in [3.05, 3.63) is 17.2 Å². The Morgan fingerprint density at radius 1 is 1.73 bits per heavy atom. The largest absolute Gasteiger partial charge is 0.312 e. The summed E-state index contributed by atoms with van der Waals surface area (Å²) in [7, 11) is 0. The van der Waals surface area contributed by atoms with Gasteiger partial charge in [-0.3, -0.25) is 0 Å². The van der Waals surface area contributed by atoms with Crippen LogP contribution < -0.4 is 0 Å².